The monoisotopic (exact) mass is 696 g/mol. The summed E-state index contributed by atoms with van der Waals surface area (Å²) in [6.45, 7) is 8.03. The normalized spacial score (nSPS) is 10.9. The number of unbranched alkanes of at least 4 members (excludes halogenated alkanes) is 31. The van der Waals surface area contributed by atoms with Crippen LogP contribution in [0, 0.1) is 0 Å². The molecule has 0 spiro atoms. The molecule has 0 atom stereocenters. The largest absolute Gasteiger partial charge is 0.462 e. The summed E-state index contributed by atoms with van der Waals surface area (Å²) >= 11 is 0. The van der Waals surface area contributed by atoms with Crippen LogP contribution in [0.2, 0.25) is 0 Å². The lowest BCUT2D eigenvalue weighted by atomic mass is 10.0. The Hall–Kier alpha value is -1.10. The lowest BCUT2D eigenvalue weighted by Crippen LogP contribution is -2.13. The van der Waals surface area contributed by atoms with Crippen molar-refractivity contribution in [2.45, 2.75) is 252 Å². The molecule has 49 heavy (non-hydrogen) atoms. The van der Waals surface area contributed by atoms with Crippen LogP contribution in [0.1, 0.15) is 252 Å². The average Bonchev–Trinajstić information content (AvgIpc) is 3.10. The first-order valence-corrected chi connectivity index (χ1v) is 22.1. The lowest BCUT2D eigenvalue weighted by molar-refractivity contribution is -0.152. The van der Waals surface area contributed by atoms with Crippen LogP contribution in [-0.4, -0.2) is 31.7 Å². The van der Waals surface area contributed by atoms with Crippen molar-refractivity contribution in [3.8, 4) is 0 Å². The number of rotatable bonds is 39. The molecule has 5 nitrogen and oxygen atoms in total. The summed E-state index contributed by atoms with van der Waals surface area (Å²) in [6, 6.07) is 0. The molecule has 0 fully saturated rings. The predicted octanol–water partition coefficient (Wildman–Crippen LogP) is 14.1. The van der Waals surface area contributed by atoms with E-state index in [0.717, 1.165) is 32.2 Å². The minimum absolute atomic E-state index is 0.166. The highest BCUT2D eigenvalue weighted by Crippen LogP contribution is 2.15. The quantitative estimate of drug-likeness (QED) is 0.0511. The molecular formula is C44H89NO4. The Morgan fingerprint density at radius 3 is 0.755 bits per heavy atom. The Labute approximate surface area is 307 Å². The van der Waals surface area contributed by atoms with Crippen LogP contribution in [0.5, 0.6) is 0 Å². The van der Waals surface area contributed by atoms with Crippen LogP contribution in [0.3, 0.4) is 0 Å². The molecule has 0 aliphatic rings. The highest BCUT2D eigenvalue weighted by Gasteiger charge is 2.06. The van der Waals surface area contributed by atoms with Crippen molar-refractivity contribution >= 4 is 11.9 Å². The zero-order valence-electron chi connectivity index (χ0n) is 33.8. The van der Waals surface area contributed by atoms with Gasteiger partial charge >= 0.3 is 11.9 Å². The molecule has 0 radical (unpaired) electrons. The van der Waals surface area contributed by atoms with Gasteiger partial charge in [0.1, 0.15) is 13.2 Å². The Kier molecular flexibility index (Phi) is 47.9. The zero-order chi connectivity index (χ0) is 36.1. The maximum atomic E-state index is 11.8. The summed E-state index contributed by atoms with van der Waals surface area (Å²) < 4.78 is 10.4. The number of esters is 2. The molecule has 0 aliphatic heterocycles. The van der Waals surface area contributed by atoms with Gasteiger partial charge in [0, 0.05) is 12.8 Å². The Morgan fingerprint density at radius 2 is 0.531 bits per heavy atom. The van der Waals surface area contributed by atoms with Gasteiger partial charge in [0.15, 0.2) is 0 Å². The highest BCUT2D eigenvalue weighted by molar-refractivity contribution is 5.70. The second kappa shape index (κ2) is 46.9. The Bertz CT molecular complexity index is 574. The number of nitrogens with two attached hydrogens (primary N) is 1. The minimum atomic E-state index is -0.166. The predicted molar refractivity (Wildman–Crippen MR) is 214 cm³/mol. The number of ether oxygens (including phenoxy) is 2. The van der Waals surface area contributed by atoms with Crippen LogP contribution in [0.15, 0.2) is 0 Å². The van der Waals surface area contributed by atoms with Gasteiger partial charge in [-0.15, -0.1) is 0 Å². The molecule has 0 aromatic carbocycles. The van der Waals surface area contributed by atoms with Crippen molar-refractivity contribution in [2.75, 3.05) is 19.8 Å². The molecule has 0 saturated heterocycles. The number of hydrogen-bond donors (Lipinski definition) is 1. The lowest BCUT2D eigenvalue weighted by Gasteiger charge is -2.07. The minimum Gasteiger partial charge on any atom is -0.462 e. The molecule has 0 rings (SSSR count). The third-order valence-corrected chi connectivity index (χ3v) is 9.64. The van der Waals surface area contributed by atoms with Crippen molar-refractivity contribution in [3.63, 3.8) is 0 Å². The third-order valence-electron chi connectivity index (χ3n) is 9.64. The Morgan fingerprint density at radius 1 is 0.327 bits per heavy atom. The molecule has 294 valence electrons. The van der Waals surface area contributed by atoms with Gasteiger partial charge in [0.05, 0.1) is 0 Å². The van der Waals surface area contributed by atoms with Crippen LogP contribution < -0.4 is 5.73 Å². The number of carbonyl (C=O) groups is 2. The summed E-state index contributed by atoms with van der Waals surface area (Å²) in [5.74, 6) is -0.332. The summed E-state index contributed by atoms with van der Waals surface area (Å²) in [5.41, 5.74) is 5.39. The second-order valence-electron chi connectivity index (χ2n) is 14.7. The molecule has 0 saturated carbocycles. The standard InChI is InChI=1S/C34H66O4.C10H23N/c1-3-5-7-9-11-13-15-17-19-21-23-25-27-29-33(35)37-31-32-38-34(36)30-28-26-24-22-20-18-16-14-12-10-8-6-4-2;1-2-3-4-5-6-7-8-9-10-11/h3-32H2,1-2H3;2-11H2,1H3. The highest BCUT2D eigenvalue weighted by atomic mass is 16.6. The van der Waals surface area contributed by atoms with E-state index in [9.17, 15) is 9.59 Å². The number of carbonyl (C=O) groups excluding carboxylic acids is 2. The van der Waals surface area contributed by atoms with Gasteiger partial charge in [-0.1, -0.05) is 220 Å². The first kappa shape index (κ1) is 50.0. The van der Waals surface area contributed by atoms with E-state index in [2.05, 4.69) is 20.8 Å². The SMILES string of the molecule is CCCCCCCCCCCCCCCC(=O)OCCOC(=O)CCCCCCCCCCCCCCC.CCCCCCCCCCN. The van der Waals surface area contributed by atoms with Gasteiger partial charge < -0.3 is 15.2 Å². The summed E-state index contributed by atoms with van der Waals surface area (Å²) in [4.78, 5) is 23.7. The second-order valence-corrected chi connectivity index (χ2v) is 14.7. The smallest absolute Gasteiger partial charge is 0.305 e. The van der Waals surface area contributed by atoms with E-state index in [1.807, 2.05) is 0 Å². The van der Waals surface area contributed by atoms with Crippen molar-refractivity contribution in [3.05, 3.63) is 0 Å². The van der Waals surface area contributed by atoms with E-state index in [1.165, 1.54) is 193 Å². The van der Waals surface area contributed by atoms with Crippen molar-refractivity contribution in [1.82, 2.24) is 0 Å². The van der Waals surface area contributed by atoms with E-state index < -0.39 is 0 Å². The van der Waals surface area contributed by atoms with E-state index in [-0.39, 0.29) is 25.2 Å². The van der Waals surface area contributed by atoms with Gasteiger partial charge in [0.25, 0.3) is 0 Å². The topological polar surface area (TPSA) is 78.6 Å². The summed E-state index contributed by atoms with van der Waals surface area (Å²) in [6.07, 6.45) is 45.7. The van der Waals surface area contributed by atoms with Crippen molar-refractivity contribution in [2.24, 2.45) is 5.73 Å². The average molecular weight is 696 g/mol. The fraction of sp³-hybridized carbons (Fsp3) is 0.955. The molecule has 5 heteroatoms. The van der Waals surface area contributed by atoms with Crippen molar-refractivity contribution in [1.29, 1.82) is 0 Å². The van der Waals surface area contributed by atoms with Gasteiger partial charge in [-0.05, 0) is 25.8 Å². The van der Waals surface area contributed by atoms with Crippen LogP contribution >= 0.6 is 0 Å². The fourth-order valence-electron chi connectivity index (χ4n) is 6.31. The van der Waals surface area contributed by atoms with E-state index in [1.54, 1.807) is 0 Å². The molecular weight excluding hydrogens is 606 g/mol. The van der Waals surface area contributed by atoms with E-state index in [0.29, 0.717) is 12.8 Å². The molecule has 0 aromatic rings. The summed E-state index contributed by atoms with van der Waals surface area (Å²) in [5, 5.41) is 0. The molecule has 0 heterocycles. The molecule has 0 bridgehead atoms. The van der Waals surface area contributed by atoms with Gasteiger partial charge in [-0.3, -0.25) is 9.59 Å². The maximum Gasteiger partial charge on any atom is 0.305 e. The van der Waals surface area contributed by atoms with E-state index in [4.69, 9.17) is 15.2 Å². The van der Waals surface area contributed by atoms with Crippen LogP contribution in [0.4, 0.5) is 0 Å². The van der Waals surface area contributed by atoms with Gasteiger partial charge in [-0.25, -0.2) is 0 Å². The summed E-state index contributed by atoms with van der Waals surface area (Å²) in [7, 11) is 0. The molecule has 0 aliphatic carbocycles. The Balaban J connectivity index is 0. The zero-order valence-corrected chi connectivity index (χ0v) is 33.8. The molecule has 0 aromatic heterocycles. The van der Waals surface area contributed by atoms with Crippen LogP contribution in [-0.2, 0) is 19.1 Å². The molecule has 2 N–H and O–H groups in total. The van der Waals surface area contributed by atoms with Crippen molar-refractivity contribution < 1.29 is 19.1 Å². The third kappa shape index (κ3) is 49.1. The van der Waals surface area contributed by atoms with E-state index >= 15 is 0 Å². The van der Waals surface area contributed by atoms with Crippen LogP contribution in [0.25, 0.3) is 0 Å². The fourth-order valence-corrected chi connectivity index (χ4v) is 6.31. The molecule has 0 amide bonds. The maximum absolute atomic E-state index is 11.8. The molecule has 0 unspecified atom stereocenters. The first-order valence-electron chi connectivity index (χ1n) is 22.1. The first-order chi connectivity index (χ1) is 24.1. The number of hydrogen-bond acceptors (Lipinski definition) is 5. The van der Waals surface area contributed by atoms with Gasteiger partial charge in [0.2, 0.25) is 0 Å². The van der Waals surface area contributed by atoms with Gasteiger partial charge in [-0.2, -0.15) is 0 Å².